The van der Waals surface area contributed by atoms with E-state index >= 15 is 0 Å². The van der Waals surface area contributed by atoms with Crippen molar-refractivity contribution in [2.24, 2.45) is 0 Å². The highest BCUT2D eigenvalue weighted by Crippen LogP contribution is 2.32. The van der Waals surface area contributed by atoms with Crippen LogP contribution in [0.25, 0.3) is 0 Å². The van der Waals surface area contributed by atoms with E-state index in [4.69, 9.17) is 14.6 Å². The van der Waals surface area contributed by atoms with Crippen LogP contribution in [0.3, 0.4) is 0 Å². The molecule has 0 aliphatic rings. The second-order valence-electron chi connectivity index (χ2n) is 4.68. The summed E-state index contributed by atoms with van der Waals surface area (Å²) in [7, 11) is 0. The lowest BCUT2D eigenvalue weighted by Gasteiger charge is -2.11. The fourth-order valence-corrected chi connectivity index (χ4v) is 1.61. The molecule has 0 amide bonds. The number of ether oxygens (including phenoxy) is 2. The maximum atomic E-state index is 13.6. The minimum absolute atomic E-state index is 0.0940. The topological polar surface area (TPSA) is 68.7 Å². The molecule has 24 heavy (non-hydrogen) atoms. The fraction of sp³-hybridized carbons (Fsp3) is 0.200. The van der Waals surface area contributed by atoms with Crippen LogP contribution in [-0.4, -0.2) is 22.2 Å². The van der Waals surface area contributed by atoms with Gasteiger partial charge in [-0.3, -0.25) is 0 Å². The lowest BCUT2D eigenvalue weighted by atomic mass is 10.2. The largest absolute Gasteiger partial charge is 0.479 e. The van der Waals surface area contributed by atoms with Gasteiger partial charge < -0.3 is 14.6 Å². The summed E-state index contributed by atoms with van der Waals surface area (Å²) < 4.78 is 61.1. The summed E-state index contributed by atoms with van der Waals surface area (Å²) in [6.45, 7) is 1.34. The highest BCUT2D eigenvalue weighted by atomic mass is 19.4. The van der Waals surface area contributed by atoms with Crippen LogP contribution in [0.4, 0.5) is 17.6 Å². The molecule has 1 N–H and O–H groups in total. The molecule has 9 heteroatoms. The van der Waals surface area contributed by atoms with Gasteiger partial charge in [-0.05, 0) is 37.3 Å². The number of rotatable bonds is 5. The van der Waals surface area contributed by atoms with Gasteiger partial charge >= 0.3 is 12.1 Å². The number of hydrogen-bond acceptors (Lipinski definition) is 4. The predicted molar refractivity (Wildman–Crippen MR) is 73.4 cm³/mol. The summed E-state index contributed by atoms with van der Waals surface area (Å²) in [4.78, 5) is 14.0. The van der Waals surface area contributed by atoms with E-state index in [1.54, 1.807) is 0 Å². The van der Waals surface area contributed by atoms with Crippen molar-refractivity contribution in [2.45, 2.75) is 19.2 Å². The van der Waals surface area contributed by atoms with Gasteiger partial charge in [-0.2, -0.15) is 13.2 Å². The number of aromatic nitrogens is 1. The third-order valence-electron chi connectivity index (χ3n) is 2.83. The fourth-order valence-electron chi connectivity index (χ4n) is 1.61. The summed E-state index contributed by atoms with van der Waals surface area (Å²) in [5, 5.41) is 8.72. The van der Waals surface area contributed by atoms with Crippen LogP contribution in [0.15, 0.2) is 36.5 Å². The standard InChI is InChI=1S/C15H11F4NO4/c1-8(14(21)22)23-10-2-4-11(5-3-10)24-13-12(16)6-9(7-20-13)15(17,18)19/h2-8H,1H3,(H,21,22). The first kappa shape index (κ1) is 17.5. The van der Waals surface area contributed by atoms with Crippen LogP contribution in [-0.2, 0) is 11.0 Å². The second-order valence-corrected chi connectivity index (χ2v) is 4.68. The lowest BCUT2D eigenvalue weighted by Crippen LogP contribution is -2.22. The Morgan fingerprint density at radius 3 is 2.29 bits per heavy atom. The Kier molecular flexibility index (Phi) is 4.91. The van der Waals surface area contributed by atoms with Crippen LogP contribution in [0, 0.1) is 5.82 Å². The second kappa shape index (κ2) is 6.73. The average molecular weight is 345 g/mol. The molecule has 0 saturated carbocycles. The van der Waals surface area contributed by atoms with Crippen molar-refractivity contribution in [1.82, 2.24) is 4.98 Å². The van der Waals surface area contributed by atoms with Crippen LogP contribution in [0.2, 0.25) is 0 Å². The number of alkyl halides is 3. The van der Waals surface area contributed by atoms with E-state index in [-0.39, 0.29) is 17.6 Å². The molecule has 0 saturated heterocycles. The van der Waals surface area contributed by atoms with Crippen LogP contribution >= 0.6 is 0 Å². The van der Waals surface area contributed by atoms with Gasteiger partial charge in [0.1, 0.15) is 11.5 Å². The number of nitrogens with zero attached hydrogens (tertiary/aromatic N) is 1. The zero-order valence-electron chi connectivity index (χ0n) is 12.2. The Labute approximate surface area is 133 Å². The predicted octanol–water partition coefficient (Wildman–Crippen LogP) is 3.88. The van der Waals surface area contributed by atoms with Gasteiger partial charge in [-0.1, -0.05) is 0 Å². The minimum Gasteiger partial charge on any atom is -0.479 e. The monoisotopic (exact) mass is 345 g/mol. The Balaban J connectivity index is 2.10. The molecule has 1 aromatic heterocycles. The third kappa shape index (κ3) is 4.34. The Morgan fingerprint density at radius 1 is 1.21 bits per heavy atom. The number of carboxylic acids is 1. The van der Waals surface area contributed by atoms with Gasteiger partial charge in [0.05, 0.1) is 5.56 Å². The maximum Gasteiger partial charge on any atom is 0.417 e. The molecule has 2 rings (SSSR count). The van der Waals surface area contributed by atoms with Crippen molar-refractivity contribution in [1.29, 1.82) is 0 Å². The molecule has 0 aliphatic carbocycles. The van der Waals surface area contributed by atoms with E-state index < -0.39 is 35.5 Å². The van der Waals surface area contributed by atoms with Crippen LogP contribution in [0.5, 0.6) is 17.4 Å². The molecule has 0 fully saturated rings. The minimum atomic E-state index is -4.70. The van der Waals surface area contributed by atoms with Crippen LogP contribution < -0.4 is 9.47 Å². The highest BCUT2D eigenvalue weighted by molar-refractivity contribution is 5.72. The number of carbonyl (C=O) groups is 1. The van der Waals surface area contributed by atoms with Crippen molar-refractivity contribution in [3.63, 3.8) is 0 Å². The zero-order chi connectivity index (χ0) is 17.9. The Hall–Kier alpha value is -2.84. The van der Waals surface area contributed by atoms with Gasteiger partial charge in [-0.15, -0.1) is 0 Å². The molecule has 0 radical (unpaired) electrons. The molecule has 1 unspecified atom stereocenters. The quantitative estimate of drug-likeness (QED) is 0.833. The van der Waals surface area contributed by atoms with Gasteiger partial charge in [0.15, 0.2) is 11.9 Å². The van der Waals surface area contributed by atoms with Gasteiger partial charge in [0.25, 0.3) is 5.88 Å². The molecule has 0 bridgehead atoms. The van der Waals surface area contributed by atoms with Gasteiger partial charge in [0.2, 0.25) is 0 Å². The molecule has 0 aliphatic heterocycles. The first-order valence-electron chi connectivity index (χ1n) is 6.57. The van der Waals surface area contributed by atoms with Gasteiger partial charge in [-0.25, -0.2) is 14.2 Å². The van der Waals surface area contributed by atoms with E-state index in [0.717, 1.165) is 0 Å². The van der Waals surface area contributed by atoms with E-state index in [2.05, 4.69) is 4.98 Å². The molecule has 0 spiro atoms. The average Bonchev–Trinajstić information content (AvgIpc) is 2.50. The van der Waals surface area contributed by atoms with E-state index in [0.29, 0.717) is 6.20 Å². The Morgan fingerprint density at radius 2 is 1.79 bits per heavy atom. The maximum absolute atomic E-state index is 13.6. The normalized spacial score (nSPS) is 12.5. The molecular formula is C15H11F4NO4. The Bertz CT molecular complexity index is 731. The summed E-state index contributed by atoms with van der Waals surface area (Å²) in [5.41, 5.74) is -1.22. The molecule has 128 valence electrons. The third-order valence-corrected chi connectivity index (χ3v) is 2.83. The van der Waals surface area contributed by atoms with Crippen molar-refractivity contribution in [3.05, 3.63) is 47.9 Å². The number of benzene rings is 1. The number of pyridine rings is 1. The number of carboxylic acid groups (broad SMARTS) is 1. The molecule has 2 aromatic rings. The summed E-state index contributed by atoms with van der Waals surface area (Å²) in [5.74, 6) is -2.69. The summed E-state index contributed by atoms with van der Waals surface area (Å²) >= 11 is 0. The highest BCUT2D eigenvalue weighted by Gasteiger charge is 2.32. The van der Waals surface area contributed by atoms with E-state index in [9.17, 15) is 22.4 Å². The first-order valence-corrected chi connectivity index (χ1v) is 6.57. The van der Waals surface area contributed by atoms with E-state index in [1.165, 1.54) is 31.2 Å². The number of aliphatic carboxylic acids is 1. The van der Waals surface area contributed by atoms with Gasteiger partial charge in [0, 0.05) is 6.20 Å². The smallest absolute Gasteiger partial charge is 0.417 e. The summed E-state index contributed by atoms with van der Waals surface area (Å²) in [6, 6.07) is 5.70. The number of halogens is 4. The zero-order valence-corrected chi connectivity index (χ0v) is 12.2. The van der Waals surface area contributed by atoms with Crippen LogP contribution in [0.1, 0.15) is 12.5 Å². The molecule has 1 atom stereocenters. The number of hydrogen-bond donors (Lipinski definition) is 1. The molecular weight excluding hydrogens is 334 g/mol. The van der Waals surface area contributed by atoms with Crippen molar-refractivity contribution in [2.75, 3.05) is 0 Å². The van der Waals surface area contributed by atoms with Crippen molar-refractivity contribution < 1.29 is 36.9 Å². The summed E-state index contributed by atoms with van der Waals surface area (Å²) in [6.07, 6.45) is -5.30. The lowest BCUT2D eigenvalue weighted by molar-refractivity contribution is -0.144. The van der Waals surface area contributed by atoms with Crippen molar-refractivity contribution in [3.8, 4) is 17.4 Å². The molecule has 5 nitrogen and oxygen atoms in total. The molecule has 1 heterocycles. The first-order chi connectivity index (χ1) is 11.2. The van der Waals surface area contributed by atoms with E-state index in [1.807, 2.05) is 0 Å². The SMILES string of the molecule is CC(Oc1ccc(Oc2ncc(C(F)(F)F)cc2F)cc1)C(=O)O. The van der Waals surface area contributed by atoms with Crippen molar-refractivity contribution >= 4 is 5.97 Å². The molecule has 1 aromatic carbocycles.